The molecule has 126 valence electrons. The largest absolute Gasteiger partial charge is 0.325 e. The number of benzene rings is 1. The van der Waals surface area contributed by atoms with E-state index >= 15 is 0 Å². The molecule has 2 heterocycles. The van der Waals surface area contributed by atoms with Crippen LogP contribution in [0, 0.1) is 10.1 Å². The van der Waals surface area contributed by atoms with Gasteiger partial charge in [0, 0.05) is 23.3 Å². The van der Waals surface area contributed by atoms with E-state index in [-0.39, 0.29) is 23.0 Å². The molecule has 0 aliphatic heterocycles. The van der Waals surface area contributed by atoms with Crippen molar-refractivity contribution in [3.63, 3.8) is 0 Å². The molecular formula is C16H11ClN4O3S. The summed E-state index contributed by atoms with van der Waals surface area (Å²) in [5, 5.41) is 16.0. The van der Waals surface area contributed by atoms with Gasteiger partial charge in [0.2, 0.25) is 5.91 Å². The maximum absolute atomic E-state index is 12.1. The fraction of sp³-hybridized carbons (Fsp3) is 0.0625. The predicted molar refractivity (Wildman–Crippen MR) is 95.8 cm³/mol. The van der Waals surface area contributed by atoms with E-state index in [0.717, 1.165) is 10.7 Å². The summed E-state index contributed by atoms with van der Waals surface area (Å²) >= 11 is 7.15. The molecule has 25 heavy (non-hydrogen) atoms. The Balaban J connectivity index is 1.68. The first-order valence-corrected chi connectivity index (χ1v) is 8.38. The number of amides is 1. The number of carbonyl (C=O) groups excluding carboxylic acids is 1. The maximum atomic E-state index is 12.1. The van der Waals surface area contributed by atoms with Crippen molar-refractivity contribution in [2.75, 3.05) is 5.32 Å². The Morgan fingerprint density at radius 2 is 2.16 bits per heavy atom. The minimum absolute atomic E-state index is 0.0162. The zero-order valence-electron chi connectivity index (χ0n) is 12.7. The standard InChI is InChI=1S/C16H11ClN4O3S/c17-12-5-4-10(7-14(12)21(23)24)19-15(22)8-11-9-25-16(20-11)13-3-1-2-6-18-13/h1-7,9H,8H2,(H,19,22). The summed E-state index contributed by atoms with van der Waals surface area (Å²) in [6.45, 7) is 0. The molecule has 1 aromatic carbocycles. The van der Waals surface area contributed by atoms with E-state index in [1.807, 2.05) is 18.2 Å². The normalized spacial score (nSPS) is 10.4. The molecule has 1 amide bonds. The second-order valence-corrected chi connectivity index (χ2v) is 6.27. The third-order valence-corrected chi connectivity index (χ3v) is 4.44. The zero-order valence-corrected chi connectivity index (χ0v) is 14.3. The van der Waals surface area contributed by atoms with E-state index in [1.54, 1.807) is 11.6 Å². The van der Waals surface area contributed by atoms with Gasteiger partial charge in [0.05, 0.1) is 22.7 Å². The lowest BCUT2D eigenvalue weighted by Crippen LogP contribution is -2.14. The van der Waals surface area contributed by atoms with Crippen LogP contribution in [0.15, 0.2) is 48.0 Å². The summed E-state index contributed by atoms with van der Waals surface area (Å²) in [5.41, 5.74) is 1.39. The number of nitro groups is 1. The van der Waals surface area contributed by atoms with Crippen LogP contribution in [0.25, 0.3) is 10.7 Å². The molecule has 0 atom stereocenters. The molecule has 2 aromatic heterocycles. The lowest BCUT2D eigenvalue weighted by molar-refractivity contribution is -0.384. The van der Waals surface area contributed by atoms with Crippen LogP contribution in [-0.2, 0) is 11.2 Å². The molecule has 7 nitrogen and oxygen atoms in total. The number of nitro benzene ring substituents is 1. The Hall–Kier alpha value is -2.84. The number of carbonyl (C=O) groups is 1. The molecule has 0 saturated carbocycles. The van der Waals surface area contributed by atoms with Gasteiger partial charge in [-0.25, -0.2) is 4.98 Å². The number of rotatable bonds is 5. The third-order valence-electron chi connectivity index (χ3n) is 3.20. The van der Waals surface area contributed by atoms with Crippen LogP contribution < -0.4 is 5.32 Å². The number of aromatic nitrogens is 2. The van der Waals surface area contributed by atoms with Gasteiger partial charge in [-0.2, -0.15) is 0 Å². The number of hydrogen-bond acceptors (Lipinski definition) is 6. The number of nitrogens with zero attached hydrogens (tertiary/aromatic N) is 3. The predicted octanol–water partition coefficient (Wildman–Crippen LogP) is 3.95. The summed E-state index contributed by atoms with van der Waals surface area (Å²) in [6.07, 6.45) is 1.73. The molecule has 0 unspecified atom stereocenters. The quantitative estimate of drug-likeness (QED) is 0.538. The van der Waals surface area contributed by atoms with E-state index in [1.165, 1.54) is 29.5 Å². The molecule has 0 aliphatic rings. The highest BCUT2D eigenvalue weighted by Crippen LogP contribution is 2.27. The summed E-state index contributed by atoms with van der Waals surface area (Å²) in [6, 6.07) is 9.63. The molecule has 3 aromatic rings. The van der Waals surface area contributed by atoms with Crippen LogP contribution in [0.2, 0.25) is 5.02 Å². The third kappa shape index (κ3) is 4.17. The van der Waals surface area contributed by atoms with Crippen molar-refractivity contribution in [2.45, 2.75) is 6.42 Å². The Morgan fingerprint density at radius 1 is 1.32 bits per heavy atom. The van der Waals surface area contributed by atoms with Gasteiger partial charge in [0.25, 0.3) is 5.69 Å². The first-order valence-electron chi connectivity index (χ1n) is 7.12. The Morgan fingerprint density at radius 3 is 2.88 bits per heavy atom. The second-order valence-electron chi connectivity index (χ2n) is 5.01. The van der Waals surface area contributed by atoms with Gasteiger partial charge in [0.1, 0.15) is 10.0 Å². The van der Waals surface area contributed by atoms with Gasteiger partial charge in [-0.05, 0) is 24.3 Å². The zero-order chi connectivity index (χ0) is 17.8. The Labute approximate surface area is 151 Å². The van der Waals surface area contributed by atoms with E-state index < -0.39 is 4.92 Å². The Kier molecular flexibility index (Phi) is 5.01. The number of anilines is 1. The molecule has 1 N–H and O–H groups in total. The van der Waals surface area contributed by atoms with Crippen LogP contribution in [-0.4, -0.2) is 20.8 Å². The van der Waals surface area contributed by atoms with E-state index in [9.17, 15) is 14.9 Å². The molecule has 0 radical (unpaired) electrons. The number of nitrogens with one attached hydrogen (secondary N) is 1. The van der Waals surface area contributed by atoms with Gasteiger partial charge in [0.15, 0.2) is 0 Å². The van der Waals surface area contributed by atoms with Crippen molar-refractivity contribution in [3.8, 4) is 10.7 Å². The molecular weight excluding hydrogens is 364 g/mol. The van der Waals surface area contributed by atoms with Crippen molar-refractivity contribution in [1.82, 2.24) is 9.97 Å². The average Bonchev–Trinajstić information content (AvgIpc) is 3.05. The van der Waals surface area contributed by atoms with Crippen molar-refractivity contribution in [3.05, 3.63) is 68.8 Å². The fourth-order valence-electron chi connectivity index (χ4n) is 2.10. The first-order chi connectivity index (χ1) is 12.0. The van der Waals surface area contributed by atoms with Gasteiger partial charge in [-0.3, -0.25) is 19.9 Å². The van der Waals surface area contributed by atoms with Crippen molar-refractivity contribution in [2.24, 2.45) is 0 Å². The Bertz CT molecular complexity index is 930. The van der Waals surface area contributed by atoms with Crippen LogP contribution in [0.1, 0.15) is 5.69 Å². The maximum Gasteiger partial charge on any atom is 0.289 e. The molecule has 9 heteroatoms. The molecule has 0 aliphatic carbocycles. The van der Waals surface area contributed by atoms with Crippen LogP contribution in [0.5, 0.6) is 0 Å². The van der Waals surface area contributed by atoms with Crippen LogP contribution >= 0.6 is 22.9 Å². The monoisotopic (exact) mass is 374 g/mol. The molecule has 0 saturated heterocycles. The molecule has 3 rings (SSSR count). The fourth-order valence-corrected chi connectivity index (χ4v) is 3.08. The topological polar surface area (TPSA) is 98.0 Å². The smallest absolute Gasteiger partial charge is 0.289 e. The van der Waals surface area contributed by atoms with Gasteiger partial charge in [-0.1, -0.05) is 17.7 Å². The summed E-state index contributed by atoms with van der Waals surface area (Å²) < 4.78 is 0. The van der Waals surface area contributed by atoms with Crippen molar-refractivity contribution in [1.29, 1.82) is 0 Å². The minimum Gasteiger partial charge on any atom is -0.325 e. The van der Waals surface area contributed by atoms with E-state index in [0.29, 0.717) is 11.4 Å². The lowest BCUT2D eigenvalue weighted by atomic mass is 10.2. The highest BCUT2D eigenvalue weighted by atomic mass is 35.5. The average molecular weight is 375 g/mol. The highest BCUT2D eigenvalue weighted by molar-refractivity contribution is 7.13. The summed E-state index contributed by atoms with van der Waals surface area (Å²) in [7, 11) is 0. The van der Waals surface area contributed by atoms with Crippen molar-refractivity contribution >= 4 is 40.2 Å². The molecule has 0 fully saturated rings. The molecule has 0 spiro atoms. The van der Waals surface area contributed by atoms with Gasteiger partial charge >= 0.3 is 0 Å². The second kappa shape index (κ2) is 7.37. The lowest BCUT2D eigenvalue weighted by Gasteiger charge is -2.04. The van der Waals surface area contributed by atoms with Gasteiger partial charge < -0.3 is 5.32 Å². The van der Waals surface area contributed by atoms with Crippen LogP contribution in [0.4, 0.5) is 11.4 Å². The van der Waals surface area contributed by atoms with Crippen molar-refractivity contribution < 1.29 is 9.72 Å². The number of hydrogen-bond donors (Lipinski definition) is 1. The van der Waals surface area contributed by atoms with Gasteiger partial charge in [-0.15, -0.1) is 11.3 Å². The molecule has 0 bridgehead atoms. The van der Waals surface area contributed by atoms with E-state index in [4.69, 9.17) is 11.6 Å². The SMILES string of the molecule is O=C(Cc1csc(-c2ccccn2)n1)Nc1ccc(Cl)c([N+](=O)[O-])c1. The van der Waals surface area contributed by atoms with Crippen LogP contribution in [0.3, 0.4) is 0 Å². The summed E-state index contributed by atoms with van der Waals surface area (Å²) in [4.78, 5) is 31.0. The summed E-state index contributed by atoms with van der Waals surface area (Å²) in [5.74, 6) is -0.325. The number of halogens is 1. The highest BCUT2D eigenvalue weighted by Gasteiger charge is 2.15. The number of pyridine rings is 1. The number of thiazole rings is 1. The first kappa shape index (κ1) is 17.0. The minimum atomic E-state index is -0.600. The van der Waals surface area contributed by atoms with E-state index in [2.05, 4.69) is 15.3 Å².